The molecule has 1 rings (SSSR count). The van der Waals surface area contributed by atoms with Crippen molar-refractivity contribution >= 4 is 0 Å². The van der Waals surface area contributed by atoms with Gasteiger partial charge in [0.15, 0.2) is 0 Å². The molecule has 0 radical (unpaired) electrons. The summed E-state index contributed by atoms with van der Waals surface area (Å²) in [4.78, 5) is 0. The maximum atomic E-state index is 5.77. The molecule has 1 aromatic rings. The first-order valence-electron chi connectivity index (χ1n) is 8.45. The Bertz CT molecular complexity index is 376. The number of hydrogen-bond donors (Lipinski definition) is 1. The molecule has 0 amide bonds. The maximum Gasteiger partial charge on any atom is 0.0488 e. The molecule has 1 atom stereocenters. The lowest BCUT2D eigenvalue weighted by Gasteiger charge is -2.18. The van der Waals surface area contributed by atoms with E-state index in [9.17, 15) is 0 Å². The zero-order chi connectivity index (χ0) is 15.5. The molecule has 0 heterocycles. The third-order valence-electron chi connectivity index (χ3n) is 3.59. The molecular weight excluding hydrogens is 258 g/mol. The quantitative estimate of drug-likeness (QED) is 0.616. The van der Waals surface area contributed by atoms with Crippen LogP contribution in [-0.2, 0) is 11.2 Å². The number of ether oxygens (including phenoxy) is 1. The Labute approximate surface area is 131 Å². The summed E-state index contributed by atoms with van der Waals surface area (Å²) < 4.78 is 5.77. The summed E-state index contributed by atoms with van der Waals surface area (Å²) in [5.74, 6) is 1.28. The van der Waals surface area contributed by atoms with E-state index in [2.05, 4.69) is 57.3 Å². The Balaban J connectivity index is 2.43. The lowest BCUT2D eigenvalue weighted by atomic mass is 9.95. The number of nitrogens with one attached hydrogen (secondary N) is 1. The van der Waals surface area contributed by atoms with E-state index in [0.717, 1.165) is 39.1 Å². The minimum atomic E-state index is 0.624. The topological polar surface area (TPSA) is 21.3 Å². The van der Waals surface area contributed by atoms with Crippen LogP contribution in [0.1, 0.15) is 44.7 Å². The van der Waals surface area contributed by atoms with Gasteiger partial charge >= 0.3 is 0 Å². The minimum Gasteiger partial charge on any atom is -0.381 e. The molecule has 2 heteroatoms. The van der Waals surface area contributed by atoms with Crippen LogP contribution >= 0.6 is 0 Å². The first-order valence-corrected chi connectivity index (χ1v) is 8.45. The number of hydrogen-bond acceptors (Lipinski definition) is 2. The summed E-state index contributed by atoms with van der Waals surface area (Å²) in [6.45, 7) is 12.7. The predicted octanol–water partition coefficient (Wildman–Crippen LogP) is 4.22. The van der Waals surface area contributed by atoms with Crippen LogP contribution < -0.4 is 5.32 Å². The zero-order valence-electron chi connectivity index (χ0n) is 14.3. The van der Waals surface area contributed by atoms with Crippen LogP contribution in [0.25, 0.3) is 0 Å². The average molecular weight is 291 g/mol. The molecule has 0 aliphatic carbocycles. The maximum absolute atomic E-state index is 5.77. The molecular formula is C19H33NO. The highest BCUT2D eigenvalue weighted by Crippen LogP contribution is 2.14. The van der Waals surface area contributed by atoms with Crippen LogP contribution in [0.4, 0.5) is 0 Å². The second-order valence-electron chi connectivity index (χ2n) is 6.52. The van der Waals surface area contributed by atoms with Gasteiger partial charge in [0.25, 0.3) is 0 Å². The first-order chi connectivity index (χ1) is 10.1. The summed E-state index contributed by atoms with van der Waals surface area (Å²) in [7, 11) is 0. The molecule has 1 aromatic carbocycles. The summed E-state index contributed by atoms with van der Waals surface area (Å²) in [6, 6.07) is 8.88. The van der Waals surface area contributed by atoms with Crippen LogP contribution in [0.5, 0.6) is 0 Å². The van der Waals surface area contributed by atoms with Crippen LogP contribution in [0.2, 0.25) is 0 Å². The summed E-state index contributed by atoms with van der Waals surface area (Å²) in [5, 5.41) is 3.56. The van der Waals surface area contributed by atoms with Gasteiger partial charge in [0.1, 0.15) is 0 Å². The van der Waals surface area contributed by atoms with Crippen molar-refractivity contribution in [3.63, 3.8) is 0 Å². The Morgan fingerprint density at radius 2 is 2.05 bits per heavy atom. The van der Waals surface area contributed by atoms with E-state index in [-0.39, 0.29) is 0 Å². The molecule has 120 valence electrons. The largest absolute Gasteiger partial charge is 0.381 e. The van der Waals surface area contributed by atoms with Crippen molar-refractivity contribution in [2.45, 2.75) is 47.0 Å². The molecule has 0 spiro atoms. The predicted molar refractivity (Wildman–Crippen MR) is 91.8 cm³/mol. The molecule has 0 saturated carbocycles. The molecule has 1 N–H and O–H groups in total. The second kappa shape index (κ2) is 10.8. The van der Waals surface area contributed by atoms with Gasteiger partial charge in [-0.05, 0) is 56.7 Å². The molecule has 0 fully saturated rings. The highest BCUT2D eigenvalue weighted by Gasteiger charge is 2.10. The van der Waals surface area contributed by atoms with E-state index in [1.54, 1.807) is 0 Å². The number of aryl methyl sites for hydroxylation is 1. The molecule has 0 saturated heterocycles. The van der Waals surface area contributed by atoms with E-state index in [0.29, 0.717) is 11.8 Å². The van der Waals surface area contributed by atoms with Gasteiger partial charge in [0, 0.05) is 13.2 Å². The first kappa shape index (κ1) is 18.2. The fraction of sp³-hybridized carbons (Fsp3) is 0.684. The smallest absolute Gasteiger partial charge is 0.0488 e. The minimum absolute atomic E-state index is 0.624. The van der Waals surface area contributed by atoms with Crippen molar-refractivity contribution < 1.29 is 4.74 Å². The molecule has 1 unspecified atom stereocenters. The second-order valence-corrected chi connectivity index (χ2v) is 6.52. The number of rotatable bonds is 11. The monoisotopic (exact) mass is 291 g/mol. The molecule has 0 aromatic heterocycles. The summed E-state index contributed by atoms with van der Waals surface area (Å²) >= 11 is 0. The third-order valence-corrected chi connectivity index (χ3v) is 3.59. The fourth-order valence-corrected chi connectivity index (χ4v) is 2.50. The Hall–Kier alpha value is -0.860. The van der Waals surface area contributed by atoms with Gasteiger partial charge in [0.05, 0.1) is 0 Å². The van der Waals surface area contributed by atoms with E-state index in [1.807, 2.05) is 0 Å². The van der Waals surface area contributed by atoms with E-state index in [1.165, 1.54) is 17.5 Å². The molecule has 21 heavy (non-hydrogen) atoms. The Kier molecular flexibility index (Phi) is 9.36. The lowest BCUT2D eigenvalue weighted by molar-refractivity contribution is 0.0976. The van der Waals surface area contributed by atoms with Crippen LogP contribution in [-0.4, -0.2) is 26.3 Å². The Morgan fingerprint density at radius 3 is 2.71 bits per heavy atom. The van der Waals surface area contributed by atoms with Crippen molar-refractivity contribution in [1.29, 1.82) is 0 Å². The van der Waals surface area contributed by atoms with Crippen molar-refractivity contribution in [3.05, 3.63) is 35.4 Å². The molecule has 0 aliphatic rings. The summed E-state index contributed by atoms with van der Waals surface area (Å²) in [6.07, 6.45) is 3.47. The van der Waals surface area contributed by atoms with Gasteiger partial charge in [-0.25, -0.2) is 0 Å². The number of benzene rings is 1. The van der Waals surface area contributed by atoms with Crippen LogP contribution in [0.3, 0.4) is 0 Å². The van der Waals surface area contributed by atoms with Crippen molar-refractivity contribution in [1.82, 2.24) is 5.32 Å². The van der Waals surface area contributed by atoms with E-state index >= 15 is 0 Å². The van der Waals surface area contributed by atoms with Crippen LogP contribution in [0.15, 0.2) is 24.3 Å². The van der Waals surface area contributed by atoms with E-state index < -0.39 is 0 Å². The SMILES string of the molecule is CCCNCC(CCOCC(C)C)Cc1cccc(C)c1. The average Bonchev–Trinajstić information content (AvgIpc) is 2.43. The Morgan fingerprint density at radius 1 is 1.24 bits per heavy atom. The van der Waals surface area contributed by atoms with Crippen molar-refractivity contribution in [2.24, 2.45) is 11.8 Å². The van der Waals surface area contributed by atoms with Gasteiger partial charge in [-0.15, -0.1) is 0 Å². The normalized spacial score (nSPS) is 12.8. The molecule has 0 aliphatic heterocycles. The molecule has 0 bridgehead atoms. The van der Waals surface area contributed by atoms with E-state index in [4.69, 9.17) is 4.74 Å². The van der Waals surface area contributed by atoms with Gasteiger partial charge in [-0.3, -0.25) is 0 Å². The van der Waals surface area contributed by atoms with Gasteiger partial charge in [-0.2, -0.15) is 0 Å². The van der Waals surface area contributed by atoms with Crippen molar-refractivity contribution in [2.75, 3.05) is 26.3 Å². The van der Waals surface area contributed by atoms with Gasteiger partial charge in [-0.1, -0.05) is 50.6 Å². The third kappa shape index (κ3) is 8.90. The summed E-state index contributed by atoms with van der Waals surface area (Å²) in [5.41, 5.74) is 2.80. The zero-order valence-corrected chi connectivity index (χ0v) is 14.3. The van der Waals surface area contributed by atoms with Gasteiger partial charge in [0.2, 0.25) is 0 Å². The van der Waals surface area contributed by atoms with Crippen LogP contribution in [0, 0.1) is 18.8 Å². The molecule has 2 nitrogen and oxygen atoms in total. The van der Waals surface area contributed by atoms with Gasteiger partial charge < -0.3 is 10.1 Å². The standard InChI is InChI=1S/C19H33NO/c1-5-10-20-14-19(9-11-21-15-16(2)3)13-18-8-6-7-17(4)12-18/h6-8,12,16,19-20H,5,9-11,13-15H2,1-4H3. The highest BCUT2D eigenvalue weighted by molar-refractivity contribution is 5.22. The highest BCUT2D eigenvalue weighted by atomic mass is 16.5. The fourth-order valence-electron chi connectivity index (χ4n) is 2.50. The lowest BCUT2D eigenvalue weighted by Crippen LogP contribution is -2.26. The van der Waals surface area contributed by atoms with Crippen molar-refractivity contribution in [3.8, 4) is 0 Å².